The Balaban J connectivity index is 1.42. The molecule has 0 aliphatic carbocycles. The van der Waals surface area contributed by atoms with Gasteiger partial charge in [-0.1, -0.05) is 48.5 Å². The van der Waals surface area contributed by atoms with Crippen molar-refractivity contribution < 1.29 is 36.4 Å². The molecular weight excluding hydrogens is 625 g/mol. The number of piperidine rings is 1. The zero-order valence-electron chi connectivity index (χ0n) is 24.2. The molecule has 0 radical (unpaired) electrons. The fraction of sp³-hybridized carbons (Fsp3) is 0.250. The Morgan fingerprint density at radius 3 is 1.93 bits per heavy atom. The predicted octanol–water partition coefficient (Wildman–Crippen LogP) is 5.33. The standard InChI is InChI=1S/C32H29F3N4O6S/c33-32(34,35)45-23-15-17-24(18-16-23)46(43,44)36-25-19-37(28-11-5-6-12-29(28)39(41)42)20-30(31(25)40)38-26-9-3-1-7-21(26)13-14-22-8-2-4-10-27(22)38/h1-12,15-18,25,30-31,36,40H,13-14,19-20H2/t25-,30?,31+/m1/s1. The van der Waals surface area contributed by atoms with Gasteiger partial charge in [0, 0.05) is 30.5 Å². The SMILES string of the molecule is O=[N+]([O-])c1ccccc1N1CC(N2c3ccccc3CCc3ccccc32)[C@@H](O)[C@H](NS(=O)(=O)c2ccc(OC(F)(F)F)cc2)C1. The van der Waals surface area contributed by atoms with Crippen LogP contribution in [0.1, 0.15) is 11.1 Å². The van der Waals surface area contributed by atoms with E-state index in [0.29, 0.717) is 0 Å². The molecule has 4 aromatic carbocycles. The molecule has 2 heterocycles. The number of aryl methyl sites for hydroxylation is 2. The van der Waals surface area contributed by atoms with Crippen molar-refractivity contribution in [3.05, 3.63) is 118 Å². The summed E-state index contributed by atoms with van der Waals surface area (Å²) in [5.74, 6) is -0.592. The summed E-state index contributed by atoms with van der Waals surface area (Å²) < 4.78 is 71.5. The van der Waals surface area contributed by atoms with E-state index in [1.165, 1.54) is 12.1 Å². The monoisotopic (exact) mass is 654 g/mol. The average Bonchev–Trinajstić information content (AvgIpc) is 3.18. The molecule has 0 saturated carbocycles. The zero-order valence-corrected chi connectivity index (χ0v) is 25.0. The molecule has 2 aliphatic rings. The van der Waals surface area contributed by atoms with Gasteiger partial charge in [-0.15, -0.1) is 13.2 Å². The van der Waals surface area contributed by atoms with Crippen LogP contribution in [0, 0.1) is 10.1 Å². The molecule has 3 atom stereocenters. The number of nitro groups is 1. The van der Waals surface area contributed by atoms with Gasteiger partial charge in [0.1, 0.15) is 11.4 Å². The van der Waals surface area contributed by atoms with Crippen molar-refractivity contribution in [1.82, 2.24) is 4.72 Å². The molecule has 1 unspecified atom stereocenters. The molecular formula is C32H29F3N4O6S. The van der Waals surface area contributed by atoms with Gasteiger partial charge in [0.05, 0.1) is 28.0 Å². The summed E-state index contributed by atoms with van der Waals surface area (Å²) in [6.07, 6.45) is -4.82. The number of nitro benzene ring substituents is 1. The number of alkyl halides is 3. The van der Waals surface area contributed by atoms with Crippen molar-refractivity contribution in [2.75, 3.05) is 22.9 Å². The molecule has 1 fully saturated rings. The summed E-state index contributed by atoms with van der Waals surface area (Å²) in [5, 5.41) is 24.0. The van der Waals surface area contributed by atoms with Gasteiger partial charge in [-0.25, -0.2) is 13.1 Å². The number of para-hydroxylation sites is 4. The molecule has 0 aromatic heterocycles. The number of aliphatic hydroxyl groups excluding tert-OH is 1. The van der Waals surface area contributed by atoms with E-state index in [1.807, 2.05) is 53.4 Å². The highest BCUT2D eigenvalue weighted by atomic mass is 32.2. The van der Waals surface area contributed by atoms with Gasteiger partial charge < -0.3 is 19.6 Å². The molecule has 2 aliphatic heterocycles. The summed E-state index contributed by atoms with van der Waals surface area (Å²) >= 11 is 0. The highest BCUT2D eigenvalue weighted by molar-refractivity contribution is 7.89. The molecule has 6 rings (SSSR count). The van der Waals surface area contributed by atoms with E-state index in [4.69, 9.17) is 0 Å². The number of nitrogens with zero attached hydrogens (tertiary/aromatic N) is 3. The summed E-state index contributed by atoms with van der Waals surface area (Å²) in [7, 11) is -4.39. The maximum Gasteiger partial charge on any atom is 0.573 e. The number of hydrogen-bond donors (Lipinski definition) is 2. The molecule has 0 amide bonds. The largest absolute Gasteiger partial charge is 0.573 e. The fourth-order valence-corrected chi connectivity index (χ4v) is 7.45. The van der Waals surface area contributed by atoms with Crippen LogP contribution in [0.15, 0.2) is 102 Å². The van der Waals surface area contributed by atoms with Crippen LogP contribution in [0.2, 0.25) is 0 Å². The molecule has 1 saturated heterocycles. The maximum atomic E-state index is 13.6. The third-order valence-corrected chi connectivity index (χ3v) is 9.73. The van der Waals surface area contributed by atoms with E-state index in [1.54, 1.807) is 17.0 Å². The van der Waals surface area contributed by atoms with E-state index < -0.39 is 45.2 Å². The minimum Gasteiger partial charge on any atom is -0.406 e. The van der Waals surface area contributed by atoms with E-state index in [0.717, 1.165) is 59.6 Å². The number of rotatable bonds is 7. The van der Waals surface area contributed by atoms with Crippen LogP contribution >= 0.6 is 0 Å². The van der Waals surface area contributed by atoms with E-state index in [9.17, 15) is 36.8 Å². The summed E-state index contributed by atoms with van der Waals surface area (Å²) in [5.41, 5.74) is 3.75. The quantitative estimate of drug-likeness (QED) is 0.203. The minimum atomic E-state index is -4.95. The molecule has 4 aromatic rings. The summed E-state index contributed by atoms with van der Waals surface area (Å²) in [6.45, 7) is -0.0233. The number of halogens is 3. The number of nitrogens with one attached hydrogen (secondary N) is 1. The number of hydrogen-bond acceptors (Lipinski definition) is 8. The first-order chi connectivity index (χ1) is 21.9. The normalized spacial score (nSPS) is 20.0. The van der Waals surface area contributed by atoms with Crippen molar-refractivity contribution in [2.45, 2.75) is 42.3 Å². The Hall–Kier alpha value is -4.66. The highest BCUT2D eigenvalue weighted by Crippen LogP contribution is 2.41. The molecule has 46 heavy (non-hydrogen) atoms. The topological polar surface area (TPSA) is 125 Å². The third-order valence-electron chi connectivity index (χ3n) is 8.22. The van der Waals surface area contributed by atoms with Crippen LogP contribution in [0.25, 0.3) is 0 Å². The highest BCUT2D eigenvalue weighted by Gasteiger charge is 2.44. The van der Waals surface area contributed by atoms with Crippen LogP contribution in [0.4, 0.5) is 35.9 Å². The Morgan fingerprint density at radius 2 is 1.37 bits per heavy atom. The Morgan fingerprint density at radius 1 is 0.826 bits per heavy atom. The van der Waals surface area contributed by atoms with Gasteiger partial charge in [-0.05, 0) is 66.4 Å². The van der Waals surface area contributed by atoms with Crippen LogP contribution < -0.4 is 19.3 Å². The predicted molar refractivity (Wildman–Crippen MR) is 165 cm³/mol. The lowest BCUT2D eigenvalue weighted by Gasteiger charge is -2.47. The van der Waals surface area contributed by atoms with Gasteiger partial charge in [0.2, 0.25) is 10.0 Å². The fourth-order valence-electron chi connectivity index (χ4n) is 6.20. The average molecular weight is 655 g/mol. The van der Waals surface area contributed by atoms with Gasteiger partial charge in [0.15, 0.2) is 0 Å². The van der Waals surface area contributed by atoms with E-state index in [2.05, 4.69) is 9.46 Å². The number of anilines is 3. The van der Waals surface area contributed by atoms with E-state index in [-0.39, 0.29) is 29.4 Å². The maximum absolute atomic E-state index is 13.6. The Bertz CT molecular complexity index is 1810. The molecule has 14 heteroatoms. The van der Waals surface area contributed by atoms with Crippen molar-refractivity contribution in [3.8, 4) is 5.75 Å². The second kappa shape index (κ2) is 12.3. The number of sulfonamides is 1. The number of aliphatic hydroxyl groups is 1. The summed E-state index contributed by atoms with van der Waals surface area (Å²) in [6, 6.07) is 23.3. The first-order valence-corrected chi connectivity index (χ1v) is 15.9. The molecule has 2 N–H and O–H groups in total. The first kappa shape index (κ1) is 31.3. The van der Waals surface area contributed by atoms with Gasteiger partial charge in [-0.2, -0.15) is 0 Å². The van der Waals surface area contributed by atoms with Crippen molar-refractivity contribution >= 4 is 32.8 Å². The van der Waals surface area contributed by atoms with Gasteiger partial charge >= 0.3 is 6.36 Å². The van der Waals surface area contributed by atoms with Crippen molar-refractivity contribution in [1.29, 1.82) is 0 Å². The third kappa shape index (κ3) is 6.36. The smallest absolute Gasteiger partial charge is 0.406 e. The van der Waals surface area contributed by atoms with Crippen LogP contribution in [-0.2, 0) is 22.9 Å². The lowest BCUT2D eigenvalue weighted by atomic mass is 9.93. The zero-order chi connectivity index (χ0) is 32.6. The Kier molecular flexibility index (Phi) is 8.35. The minimum absolute atomic E-state index is 0.108. The number of ether oxygens (including phenoxy) is 1. The van der Waals surface area contributed by atoms with Crippen LogP contribution in [0.3, 0.4) is 0 Å². The molecule has 10 nitrogen and oxygen atoms in total. The lowest BCUT2D eigenvalue weighted by molar-refractivity contribution is -0.384. The second-order valence-corrected chi connectivity index (χ2v) is 12.8. The van der Waals surface area contributed by atoms with Crippen molar-refractivity contribution in [2.24, 2.45) is 0 Å². The van der Waals surface area contributed by atoms with Crippen molar-refractivity contribution in [3.63, 3.8) is 0 Å². The summed E-state index contributed by atoms with van der Waals surface area (Å²) in [4.78, 5) is 14.8. The van der Waals surface area contributed by atoms with Crippen LogP contribution in [-0.4, -0.2) is 56.1 Å². The molecule has 240 valence electrons. The lowest BCUT2D eigenvalue weighted by Crippen LogP contribution is -2.65. The van der Waals surface area contributed by atoms with Gasteiger partial charge in [0.25, 0.3) is 5.69 Å². The number of fused-ring (bicyclic) bond motifs is 2. The first-order valence-electron chi connectivity index (χ1n) is 14.4. The van der Waals surface area contributed by atoms with E-state index >= 15 is 0 Å². The Labute approximate surface area is 262 Å². The van der Waals surface area contributed by atoms with Gasteiger partial charge in [-0.3, -0.25) is 10.1 Å². The van der Waals surface area contributed by atoms with Crippen LogP contribution in [0.5, 0.6) is 5.75 Å². The second-order valence-electron chi connectivity index (χ2n) is 11.1. The molecule has 0 spiro atoms. The number of benzene rings is 4. The molecule has 0 bridgehead atoms.